The lowest BCUT2D eigenvalue weighted by atomic mass is 10.0. The first kappa shape index (κ1) is 18.7. The Morgan fingerprint density at radius 3 is 2.67 bits per heavy atom. The van der Waals surface area contributed by atoms with E-state index >= 15 is 0 Å². The molecule has 2 aromatic heterocycles. The van der Waals surface area contributed by atoms with Crippen molar-refractivity contribution < 1.29 is 9.53 Å². The van der Waals surface area contributed by atoms with Gasteiger partial charge in [-0.05, 0) is 34.5 Å². The molecule has 1 aliphatic rings. The molecule has 30 heavy (non-hydrogen) atoms. The van der Waals surface area contributed by atoms with Crippen molar-refractivity contribution in [3.05, 3.63) is 78.1 Å². The minimum atomic E-state index is -0.210. The van der Waals surface area contributed by atoms with Crippen molar-refractivity contribution in [2.24, 2.45) is 0 Å². The van der Waals surface area contributed by atoms with Crippen LogP contribution in [0.5, 0.6) is 0 Å². The minimum Gasteiger partial charge on any atom is -0.379 e. The van der Waals surface area contributed by atoms with Crippen LogP contribution in [0.2, 0.25) is 0 Å². The highest BCUT2D eigenvalue weighted by Gasteiger charge is 2.15. The highest BCUT2D eigenvalue weighted by Crippen LogP contribution is 2.27. The molecule has 5 rings (SSSR count). The molecule has 0 saturated carbocycles. The van der Waals surface area contributed by atoms with Gasteiger partial charge in [-0.3, -0.25) is 14.7 Å². The summed E-state index contributed by atoms with van der Waals surface area (Å²) in [5.41, 5.74) is 2.36. The van der Waals surface area contributed by atoms with Crippen molar-refractivity contribution in [2.75, 3.05) is 31.6 Å². The van der Waals surface area contributed by atoms with Gasteiger partial charge in [0, 0.05) is 37.4 Å². The van der Waals surface area contributed by atoms with Crippen molar-refractivity contribution in [2.45, 2.75) is 6.54 Å². The Hall–Kier alpha value is -3.35. The maximum atomic E-state index is 13.1. The predicted molar refractivity (Wildman–Crippen MR) is 118 cm³/mol. The summed E-state index contributed by atoms with van der Waals surface area (Å²) in [6, 6.07) is 17.7. The van der Waals surface area contributed by atoms with E-state index in [1.165, 1.54) is 0 Å². The summed E-state index contributed by atoms with van der Waals surface area (Å²) < 4.78 is 5.39. The van der Waals surface area contributed by atoms with Crippen LogP contribution in [-0.2, 0) is 11.3 Å². The Morgan fingerprint density at radius 2 is 1.83 bits per heavy atom. The lowest BCUT2D eigenvalue weighted by Gasteiger charge is -2.26. The fourth-order valence-electron chi connectivity index (χ4n) is 3.90. The van der Waals surface area contributed by atoms with E-state index < -0.39 is 0 Å². The molecule has 1 amide bonds. The number of morpholine rings is 1. The molecule has 6 heteroatoms. The normalized spacial score (nSPS) is 14.8. The highest BCUT2D eigenvalue weighted by molar-refractivity contribution is 6.18. The molecule has 1 fully saturated rings. The number of rotatable bonds is 4. The molecule has 0 unspecified atom stereocenters. The number of amides is 1. The van der Waals surface area contributed by atoms with Crippen molar-refractivity contribution in [3.63, 3.8) is 0 Å². The number of ether oxygens (including phenoxy) is 1. The molecular formula is C24H22N4O2. The maximum absolute atomic E-state index is 13.1. The van der Waals surface area contributed by atoms with Gasteiger partial charge in [-0.25, -0.2) is 4.98 Å². The maximum Gasteiger partial charge on any atom is 0.259 e. The second-order valence-electron chi connectivity index (χ2n) is 7.44. The zero-order chi connectivity index (χ0) is 20.3. The van der Waals surface area contributed by atoms with Gasteiger partial charge in [0.1, 0.15) is 5.82 Å². The fourth-order valence-corrected chi connectivity index (χ4v) is 3.90. The number of nitrogens with zero attached hydrogens (tertiary/aromatic N) is 3. The molecule has 0 atom stereocenters. The molecule has 150 valence electrons. The lowest BCUT2D eigenvalue weighted by Crippen LogP contribution is -2.35. The summed E-state index contributed by atoms with van der Waals surface area (Å²) in [5, 5.41) is 5.99. The van der Waals surface area contributed by atoms with E-state index in [2.05, 4.69) is 26.3 Å². The van der Waals surface area contributed by atoms with Gasteiger partial charge in [0.25, 0.3) is 5.91 Å². The third kappa shape index (κ3) is 3.75. The average Bonchev–Trinajstić information content (AvgIpc) is 2.80. The van der Waals surface area contributed by atoms with Gasteiger partial charge >= 0.3 is 0 Å². The number of fused-ring (bicyclic) bond motifs is 3. The molecule has 0 bridgehead atoms. The predicted octanol–water partition coefficient (Wildman–Crippen LogP) is 3.87. The van der Waals surface area contributed by atoms with Crippen LogP contribution in [0.15, 0.2) is 67.0 Å². The highest BCUT2D eigenvalue weighted by atomic mass is 16.5. The summed E-state index contributed by atoms with van der Waals surface area (Å²) >= 11 is 0. The topological polar surface area (TPSA) is 67.4 Å². The van der Waals surface area contributed by atoms with Gasteiger partial charge in [0.05, 0.1) is 24.3 Å². The molecule has 6 nitrogen and oxygen atoms in total. The average molecular weight is 398 g/mol. The van der Waals surface area contributed by atoms with Crippen LogP contribution in [-0.4, -0.2) is 47.1 Å². The van der Waals surface area contributed by atoms with Crippen LogP contribution >= 0.6 is 0 Å². The first-order valence-corrected chi connectivity index (χ1v) is 10.1. The smallest absolute Gasteiger partial charge is 0.259 e. The zero-order valence-electron chi connectivity index (χ0n) is 16.5. The molecule has 2 aromatic carbocycles. The molecule has 3 heterocycles. The quantitative estimate of drug-likeness (QED) is 0.529. The fraction of sp³-hybridized carbons (Fsp3) is 0.208. The van der Waals surface area contributed by atoms with E-state index in [0.717, 1.165) is 54.6 Å². The number of carbonyl (C=O) groups is 1. The van der Waals surface area contributed by atoms with E-state index in [9.17, 15) is 4.79 Å². The standard InChI is InChI=1S/C24H22N4O2/c29-24(27-22-8-7-17(15-26-22)16-28-10-12-30-13-11-28)21-14-18-4-1-2-5-19(18)20-6-3-9-25-23(20)21/h1-9,14-15H,10-13,16H2,(H,26,27,29). The van der Waals surface area contributed by atoms with E-state index in [1.807, 2.05) is 54.7 Å². The Balaban J connectivity index is 1.39. The number of hydrogen-bond acceptors (Lipinski definition) is 5. The van der Waals surface area contributed by atoms with Crippen molar-refractivity contribution in [1.29, 1.82) is 0 Å². The van der Waals surface area contributed by atoms with E-state index in [4.69, 9.17) is 4.74 Å². The molecule has 4 aromatic rings. The first-order valence-electron chi connectivity index (χ1n) is 10.1. The molecule has 1 aliphatic heterocycles. The molecular weight excluding hydrogens is 376 g/mol. The summed E-state index contributed by atoms with van der Waals surface area (Å²) in [6.07, 6.45) is 3.54. The summed E-state index contributed by atoms with van der Waals surface area (Å²) in [7, 11) is 0. The molecule has 0 aliphatic carbocycles. The van der Waals surface area contributed by atoms with Crippen molar-refractivity contribution in [1.82, 2.24) is 14.9 Å². The van der Waals surface area contributed by atoms with Crippen LogP contribution in [0.3, 0.4) is 0 Å². The third-order valence-corrected chi connectivity index (χ3v) is 5.43. The Bertz CT molecular complexity index is 1200. The van der Waals surface area contributed by atoms with E-state index in [-0.39, 0.29) is 5.91 Å². The molecule has 0 spiro atoms. The number of carbonyl (C=O) groups excluding carboxylic acids is 1. The second kappa shape index (κ2) is 8.18. The van der Waals surface area contributed by atoms with Gasteiger partial charge in [0.2, 0.25) is 0 Å². The monoisotopic (exact) mass is 398 g/mol. The van der Waals surface area contributed by atoms with E-state index in [0.29, 0.717) is 16.9 Å². The van der Waals surface area contributed by atoms with Crippen LogP contribution in [0.1, 0.15) is 15.9 Å². The number of aromatic nitrogens is 2. The number of hydrogen-bond donors (Lipinski definition) is 1. The van der Waals surface area contributed by atoms with Crippen molar-refractivity contribution >= 4 is 33.4 Å². The molecule has 0 radical (unpaired) electrons. The van der Waals surface area contributed by atoms with Crippen LogP contribution in [0.25, 0.3) is 21.7 Å². The van der Waals surface area contributed by atoms with Gasteiger partial charge in [-0.1, -0.05) is 36.4 Å². The largest absolute Gasteiger partial charge is 0.379 e. The van der Waals surface area contributed by atoms with E-state index in [1.54, 1.807) is 6.20 Å². The number of pyridine rings is 2. The van der Waals surface area contributed by atoms with Crippen LogP contribution in [0, 0.1) is 0 Å². The second-order valence-corrected chi connectivity index (χ2v) is 7.44. The van der Waals surface area contributed by atoms with Gasteiger partial charge < -0.3 is 10.1 Å². The summed E-state index contributed by atoms with van der Waals surface area (Å²) in [6.45, 7) is 4.25. The Kier molecular flexibility index (Phi) is 5.09. The van der Waals surface area contributed by atoms with Crippen LogP contribution < -0.4 is 5.32 Å². The third-order valence-electron chi connectivity index (χ3n) is 5.43. The Labute approximate surface area is 174 Å². The number of benzene rings is 2. The summed E-state index contributed by atoms with van der Waals surface area (Å²) in [5.74, 6) is 0.320. The number of nitrogens with one attached hydrogen (secondary N) is 1. The minimum absolute atomic E-state index is 0.210. The lowest BCUT2D eigenvalue weighted by molar-refractivity contribution is 0.0341. The van der Waals surface area contributed by atoms with Gasteiger partial charge in [-0.15, -0.1) is 0 Å². The summed E-state index contributed by atoms with van der Waals surface area (Å²) in [4.78, 5) is 24.3. The SMILES string of the molecule is O=C(Nc1ccc(CN2CCOCC2)cn1)c1cc2ccccc2c2cccnc12. The van der Waals surface area contributed by atoms with Crippen LogP contribution in [0.4, 0.5) is 5.82 Å². The first-order chi connectivity index (χ1) is 14.8. The van der Waals surface area contributed by atoms with Crippen molar-refractivity contribution in [3.8, 4) is 0 Å². The van der Waals surface area contributed by atoms with Gasteiger partial charge in [-0.2, -0.15) is 0 Å². The Morgan fingerprint density at radius 1 is 1.00 bits per heavy atom. The molecule has 1 saturated heterocycles. The number of anilines is 1. The van der Waals surface area contributed by atoms with Gasteiger partial charge in [0.15, 0.2) is 0 Å². The zero-order valence-corrected chi connectivity index (χ0v) is 16.5. The molecule has 1 N–H and O–H groups in total.